The first kappa shape index (κ1) is 14.6. The highest BCUT2D eigenvalue weighted by Gasteiger charge is 2.19. The number of benzene rings is 1. The molecule has 4 heteroatoms. The Morgan fingerprint density at radius 3 is 2.65 bits per heavy atom. The number of carbonyl (C=O) groups is 1. The Labute approximate surface area is 119 Å². The number of hydrogen-bond acceptors (Lipinski definition) is 3. The maximum absolute atomic E-state index is 12.2. The first-order valence-corrected chi connectivity index (χ1v) is 6.86. The van der Waals surface area contributed by atoms with Crippen LogP contribution in [0.25, 0.3) is 10.9 Å². The molecule has 0 aliphatic carbocycles. The first-order valence-electron chi connectivity index (χ1n) is 6.86. The molecule has 2 rings (SSSR count). The zero-order valence-electron chi connectivity index (χ0n) is 12.5. The smallest absolute Gasteiger partial charge is 0.418 e. The van der Waals surface area contributed by atoms with Crippen LogP contribution in [0.3, 0.4) is 0 Å². The number of nitrogens with zero attached hydrogens (tertiary/aromatic N) is 1. The first-order chi connectivity index (χ1) is 9.28. The van der Waals surface area contributed by atoms with Gasteiger partial charge in [-0.1, -0.05) is 12.1 Å². The van der Waals surface area contributed by atoms with Crippen molar-refractivity contribution in [2.75, 3.05) is 0 Å². The minimum Gasteiger partial charge on any atom is -0.443 e. The van der Waals surface area contributed by atoms with Crippen molar-refractivity contribution < 1.29 is 9.53 Å². The summed E-state index contributed by atoms with van der Waals surface area (Å²) in [6.45, 7) is 7.55. The normalized spacial score (nSPS) is 13.4. The van der Waals surface area contributed by atoms with Crippen LogP contribution in [0.15, 0.2) is 30.5 Å². The van der Waals surface area contributed by atoms with E-state index in [1.54, 1.807) is 10.8 Å². The molecule has 1 aromatic heterocycles. The molecule has 0 saturated heterocycles. The van der Waals surface area contributed by atoms with Gasteiger partial charge in [0.25, 0.3) is 0 Å². The predicted molar refractivity (Wildman–Crippen MR) is 80.9 cm³/mol. The highest BCUT2D eigenvalue weighted by atomic mass is 16.6. The molecule has 1 aromatic carbocycles. The molecular weight excluding hydrogens is 252 g/mol. The fourth-order valence-corrected chi connectivity index (χ4v) is 2.23. The molecule has 4 nitrogen and oxygen atoms in total. The van der Waals surface area contributed by atoms with E-state index >= 15 is 0 Å². The molecule has 0 saturated carbocycles. The average Bonchev–Trinajstić information content (AvgIpc) is 2.70. The molecule has 0 aliphatic rings. The molecule has 1 unspecified atom stereocenters. The Morgan fingerprint density at radius 1 is 1.35 bits per heavy atom. The van der Waals surface area contributed by atoms with E-state index in [9.17, 15) is 4.79 Å². The van der Waals surface area contributed by atoms with Gasteiger partial charge in [-0.05, 0) is 51.8 Å². The number of rotatable bonds is 2. The minimum atomic E-state index is -0.503. The highest BCUT2D eigenvalue weighted by Crippen LogP contribution is 2.22. The maximum atomic E-state index is 12.2. The third-order valence-corrected chi connectivity index (χ3v) is 2.96. The van der Waals surface area contributed by atoms with Gasteiger partial charge in [-0.25, -0.2) is 4.79 Å². The number of ether oxygens (including phenoxy) is 1. The molecule has 1 atom stereocenters. The highest BCUT2D eigenvalue weighted by molar-refractivity contribution is 5.91. The Kier molecular flexibility index (Phi) is 3.86. The van der Waals surface area contributed by atoms with Crippen molar-refractivity contribution in [2.24, 2.45) is 5.73 Å². The summed E-state index contributed by atoms with van der Waals surface area (Å²) in [5.41, 5.74) is 7.38. The van der Waals surface area contributed by atoms with Gasteiger partial charge in [-0.3, -0.25) is 4.57 Å². The van der Waals surface area contributed by atoms with Crippen LogP contribution in [0.1, 0.15) is 33.3 Å². The lowest BCUT2D eigenvalue weighted by molar-refractivity contribution is 0.0544. The molecule has 108 valence electrons. The van der Waals surface area contributed by atoms with E-state index < -0.39 is 5.60 Å². The molecule has 0 spiro atoms. The van der Waals surface area contributed by atoms with Gasteiger partial charge < -0.3 is 10.5 Å². The predicted octanol–water partition coefficient (Wildman–Crippen LogP) is 3.31. The number of hydrogen-bond donors (Lipinski definition) is 1. The summed E-state index contributed by atoms with van der Waals surface area (Å²) in [6, 6.07) is 7.94. The van der Waals surface area contributed by atoms with E-state index in [0.717, 1.165) is 22.9 Å². The van der Waals surface area contributed by atoms with Gasteiger partial charge in [0.15, 0.2) is 0 Å². The standard InChI is InChI=1S/C16H22N2O2/c1-11(17)10-12-6-5-7-14-13(12)8-9-18(14)15(19)20-16(2,3)4/h5-9,11H,10,17H2,1-4H3. The van der Waals surface area contributed by atoms with Crippen LogP contribution in [-0.2, 0) is 11.2 Å². The minimum absolute atomic E-state index is 0.0884. The second-order valence-corrected chi connectivity index (χ2v) is 6.20. The summed E-state index contributed by atoms with van der Waals surface area (Å²) in [6.07, 6.45) is 2.18. The molecule has 0 amide bonds. The van der Waals surface area contributed by atoms with Gasteiger partial charge in [-0.15, -0.1) is 0 Å². The second-order valence-electron chi connectivity index (χ2n) is 6.20. The van der Waals surface area contributed by atoms with Crippen molar-refractivity contribution in [1.82, 2.24) is 4.57 Å². The molecule has 0 bridgehead atoms. The lowest BCUT2D eigenvalue weighted by Gasteiger charge is -2.19. The summed E-state index contributed by atoms with van der Waals surface area (Å²) in [7, 11) is 0. The van der Waals surface area contributed by atoms with Crippen LogP contribution in [0.2, 0.25) is 0 Å². The van der Waals surface area contributed by atoms with Crippen molar-refractivity contribution >= 4 is 17.0 Å². The average molecular weight is 274 g/mol. The Bertz CT molecular complexity index is 621. The summed E-state index contributed by atoms with van der Waals surface area (Å²) in [5, 5.41) is 1.05. The Morgan fingerprint density at radius 2 is 2.05 bits per heavy atom. The van der Waals surface area contributed by atoms with Gasteiger partial charge >= 0.3 is 6.09 Å². The second kappa shape index (κ2) is 5.29. The Balaban J connectivity index is 2.40. The quantitative estimate of drug-likeness (QED) is 0.914. The molecule has 20 heavy (non-hydrogen) atoms. The van der Waals surface area contributed by atoms with Gasteiger partial charge in [-0.2, -0.15) is 0 Å². The largest absolute Gasteiger partial charge is 0.443 e. The fourth-order valence-electron chi connectivity index (χ4n) is 2.23. The maximum Gasteiger partial charge on any atom is 0.418 e. The summed E-state index contributed by atoms with van der Waals surface area (Å²) in [4.78, 5) is 12.2. The number of aromatic nitrogens is 1. The number of nitrogens with two attached hydrogens (primary N) is 1. The van der Waals surface area contributed by atoms with Gasteiger partial charge in [0.2, 0.25) is 0 Å². The lowest BCUT2D eigenvalue weighted by Crippen LogP contribution is -2.26. The van der Waals surface area contributed by atoms with Crippen LogP contribution < -0.4 is 5.73 Å². The molecule has 0 fully saturated rings. The lowest BCUT2D eigenvalue weighted by atomic mass is 10.0. The third kappa shape index (κ3) is 3.20. The SMILES string of the molecule is CC(N)Cc1cccc2c1ccn2C(=O)OC(C)(C)C. The summed E-state index contributed by atoms with van der Waals surface area (Å²) < 4.78 is 6.96. The zero-order chi connectivity index (χ0) is 14.9. The van der Waals surface area contributed by atoms with Crippen molar-refractivity contribution in [3.05, 3.63) is 36.0 Å². The third-order valence-electron chi connectivity index (χ3n) is 2.96. The van der Waals surface area contributed by atoms with E-state index in [1.165, 1.54) is 0 Å². The topological polar surface area (TPSA) is 57.2 Å². The molecular formula is C16H22N2O2. The van der Waals surface area contributed by atoms with Crippen LogP contribution in [-0.4, -0.2) is 22.3 Å². The van der Waals surface area contributed by atoms with E-state index in [2.05, 4.69) is 0 Å². The van der Waals surface area contributed by atoms with Crippen molar-refractivity contribution in [3.63, 3.8) is 0 Å². The van der Waals surface area contributed by atoms with E-state index in [-0.39, 0.29) is 12.1 Å². The van der Waals surface area contributed by atoms with Gasteiger partial charge in [0.05, 0.1) is 5.52 Å². The Hall–Kier alpha value is -1.81. The molecule has 1 heterocycles. The van der Waals surface area contributed by atoms with E-state index in [0.29, 0.717) is 0 Å². The van der Waals surface area contributed by atoms with Crippen molar-refractivity contribution in [2.45, 2.75) is 45.8 Å². The molecule has 2 aromatic rings. The van der Waals surface area contributed by atoms with Crippen LogP contribution in [0, 0.1) is 0 Å². The fraction of sp³-hybridized carbons (Fsp3) is 0.438. The zero-order valence-corrected chi connectivity index (χ0v) is 12.5. The van der Waals surface area contributed by atoms with Crippen LogP contribution in [0.5, 0.6) is 0 Å². The van der Waals surface area contributed by atoms with Crippen molar-refractivity contribution in [3.8, 4) is 0 Å². The monoisotopic (exact) mass is 274 g/mol. The van der Waals surface area contributed by atoms with Crippen LogP contribution >= 0.6 is 0 Å². The number of carbonyl (C=O) groups excluding carboxylic acids is 1. The van der Waals surface area contributed by atoms with E-state index in [4.69, 9.17) is 10.5 Å². The summed E-state index contributed by atoms with van der Waals surface area (Å²) >= 11 is 0. The van der Waals surface area contributed by atoms with Gasteiger partial charge in [0.1, 0.15) is 5.60 Å². The van der Waals surface area contributed by atoms with E-state index in [1.807, 2.05) is 52.0 Å². The van der Waals surface area contributed by atoms with Crippen LogP contribution in [0.4, 0.5) is 4.79 Å². The summed E-state index contributed by atoms with van der Waals surface area (Å²) in [5.74, 6) is 0. The molecule has 0 aliphatic heterocycles. The van der Waals surface area contributed by atoms with Crippen molar-refractivity contribution in [1.29, 1.82) is 0 Å². The molecule has 0 radical (unpaired) electrons. The van der Waals surface area contributed by atoms with Gasteiger partial charge in [0, 0.05) is 17.6 Å². The number of fused-ring (bicyclic) bond motifs is 1. The molecule has 2 N–H and O–H groups in total.